The van der Waals surface area contributed by atoms with Gasteiger partial charge >= 0.3 is 0 Å². The summed E-state index contributed by atoms with van der Waals surface area (Å²) in [4.78, 5) is 24.4. The molecule has 0 spiro atoms. The maximum absolute atomic E-state index is 13.6. The molecule has 0 radical (unpaired) electrons. The molecule has 4 rings (SSSR count). The summed E-state index contributed by atoms with van der Waals surface area (Å²) >= 11 is 1.38. The molecular weight excluding hydrogens is 438 g/mol. The summed E-state index contributed by atoms with van der Waals surface area (Å²) < 4.78 is 17.5. The molecule has 8 heteroatoms. The van der Waals surface area contributed by atoms with E-state index in [1.165, 1.54) is 11.3 Å². The molecule has 33 heavy (non-hydrogen) atoms. The van der Waals surface area contributed by atoms with Gasteiger partial charge in [-0.2, -0.15) is 0 Å². The zero-order valence-corrected chi connectivity index (χ0v) is 19.8. The van der Waals surface area contributed by atoms with Crippen LogP contribution in [0, 0.1) is 0 Å². The van der Waals surface area contributed by atoms with E-state index in [2.05, 4.69) is 4.98 Å². The van der Waals surface area contributed by atoms with Crippen LogP contribution in [-0.2, 0) is 6.54 Å². The van der Waals surface area contributed by atoms with Gasteiger partial charge in [-0.15, -0.1) is 0 Å². The lowest BCUT2D eigenvalue weighted by Gasteiger charge is -2.20. The second-order valence-electron chi connectivity index (χ2n) is 7.55. The summed E-state index contributed by atoms with van der Waals surface area (Å²) in [5, 5.41) is 0.533. The molecule has 1 amide bonds. The molecule has 2 aromatic heterocycles. The zero-order chi connectivity index (χ0) is 23.4. The van der Waals surface area contributed by atoms with Gasteiger partial charge in [0.15, 0.2) is 5.13 Å². The number of thiazole rings is 1. The highest BCUT2D eigenvalue weighted by Crippen LogP contribution is 2.40. The van der Waals surface area contributed by atoms with E-state index in [1.807, 2.05) is 44.2 Å². The fourth-order valence-electron chi connectivity index (χ4n) is 3.37. The van der Waals surface area contributed by atoms with Crippen LogP contribution < -0.4 is 19.1 Å². The zero-order valence-electron chi connectivity index (χ0n) is 18.9. The third-order valence-electron chi connectivity index (χ3n) is 4.89. The Balaban J connectivity index is 1.76. The van der Waals surface area contributed by atoms with E-state index in [9.17, 15) is 4.79 Å². The Labute approximate surface area is 196 Å². The van der Waals surface area contributed by atoms with Gasteiger partial charge in [0.1, 0.15) is 27.5 Å². The summed E-state index contributed by atoms with van der Waals surface area (Å²) in [6.07, 6.45) is 1.76. The van der Waals surface area contributed by atoms with Crippen molar-refractivity contribution in [3.05, 3.63) is 72.1 Å². The summed E-state index contributed by atoms with van der Waals surface area (Å²) in [5.74, 6) is 1.82. The Hall–Kier alpha value is -3.65. The molecule has 0 atom stereocenters. The molecule has 0 aliphatic rings. The Morgan fingerprint density at radius 1 is 1.00 bits per heavy atom. The van der Waals surface area contributed by atoms with Crippen molar-refractivity contribution in [3.63, 3.8) is 0 Å². The van der Waals surface area contributed by atoms with Crippen LogP contribution in [0.1, 0.15) is 29.9 Å². The molecular formula is C25H25N3O4S. The van der Waals surface area contributed by atoms with Crippen molar-refractivity contribution in [1.29, 1.82) is 0 Å². The van der Waals surface area contributed by atoms with Crippen LogP contribution in [0.4, 0.5) is 5.13 Å². The van der Waals surface area contributed by atoms with E-state index in [0.29, 0.717) is 33.5 Å². The molecule has 0 saturated heterocycles. The predicted octanol–water partition coefficient (Wildman–Crippen LogP) is 5.34. The largest absolute Gasteiger partial charge is 0.495 e. The molecule has 0 unspecified atom stereocenters. The minimum absolute atomic E-state index is 0.0555. The molecule has 170 valence electrons. The first-order chi connectivity index (χ1) is 16.0. The second-order valence-corrected chi connectivity index (χ2v) is 8.53. The quantitative estimate of drug-likeness (QED) is 0.351. The maximum Gasteiger partial charge on any atom is 0.260 e. The minimum atomic E-state index is -0.186. The standard InChI is InChI=1S/C25H25N3O4S/c1-16(2)32-19-10-8-17(9-11-19)24(29)28(15-18-7-5-6-14-26-18)25-27-22-20(30-3)12-13-21(31-4)23(22)33-25/h5-14,16H,15H2,1-4H3. The number of pyridine rings is 1. The van der Waals surface area contributed by atoms with Crippen LogP contribution in [-0.4, -0.2) is 36.2 Å². The molecule has 0 aliphatic heterocycles. The number of methoxy groups -OCH3 is 2. The Morgan fingerprint density at radius 2 is 1.73 bits per heavy atom. The average Bonchev–Trinajstić information content (AvgIpc) is 3.27. The number of ether oxygens (including phenoxy) is 3. The lowest BCUT2D eigenvalue weighted by molar-refractivity contribution is 0.0984. The van der Waals surface area contributed by atoms with E-state index in [0.717, 1.165) is 10.4 Å². The smallest absolute Gasteiger partial charge is 0.260 e. The van der Waals surface area contributed by atoms with E-state index in [-0.39, 0.29) is 18.6 Å². The Kier molecular flexibility index (Phi) is 6.74. The van der Waals surface area contributed by atoms with Gasteiger partial charge in [0.2, 0.25) is 0 Å². The molecule has 0 saturated carbocycles. The topological polar surface area (TPSA) is 73.8 Å². The summed E-state index contributed by atoms with van der Waals surface area (Å²) in [6, 6.07) is 16.4. The first-order valence-corrected chi connectivity index (χ1v) is 11.3. The lowest BCUT2D eigenvalue weighted by atomic mass is 10.2. The molecule has 0 bridgehead atoms. The number of rotatable bonds is 8. The maximum atomic E-state index is 13.6. The normalized spacial score (nSPS) is 10.9. The van der Waals surface area contributed by atoms with Crippen LogP contribution in [0.2, 0.25) is 0 Å². The van der Waals surface area contributed by atoms with E-state index in [4.69, 9.17) is 19.2 Å². The first kappa shape index (κ1) is 22.5. The summed E-state index contributed by atoms with van der Waals surface area (Å²) in [6.45, 7) is 4.20. The summed E-state index contributed by atoms with van der Waals surface area (Å²) in [5.41, 5.74) is 1.93. The van der Waals surface area contributed by atoms with Crippen LogP contribution in [0.25, 0.3) is 10.2 Å². The molecule has 2 heterocycles. The third-order valence-corrected chi connectivity index (χ3v) is 5.99. The molecule has 0 fully saturated rings. The van der Waals surface area contributed by atoms with Crippen LogP contribution in [0.3, 0.4) is 0 Å². The van der Waals surface area contributed by atoms with Crippen molar-refractivity contribution in [2.75, 3.05) is 19.1 Å². The average molecular weight is 464 g/mol. The Morgan fingerprint density at radius 3 is 2.36 bits per heavy atom. The number of fused-ring (bicyclic) bond motifs is 1. The van der Waals surface area contributed by atoms with E-state index < -0.39 is 0 Å². The number of anilines is 1. The SMILES string of the molecule is COc1ccc(OC)c2sc(N(Cc3ccccn3)C(=O)c3ccc(OC(C)C)cc3)nc12. The van der Waals surface area contributed by atoms with Gasteiger partial charge in [0.05, 0.1) is 32.6 Å². The second kappa shape index (κ2) is 9.87. The number of carbonyl (C=O) groups is 1. The predicted molar refractivity (Wildman–Crippen MR) is 130 cm³/mol. The van der Waals surface area contributed by atoms with Gasteiger partial charge < -0.3 is 14.2 Å². The van der Waals surface area contributed by atoms with Crippen molar-refractivity contribution < 1.29 is 19.0 Å². The summed E-state index contributed by atoms with van der Waals surface area (Å²) in [7, 11) is 3.20. The number of nitrogens with zero attached hydrogens (tertiary/aromatic N) is 3. The van der Waals surface area contributed by atoms with E-state index >= 15 is 0 Å². The molecule has 2 aromatic carbocycles. The van der Waals surface area contributed by atoms with Crippen molar-refractivity contribution in [2.24, 2.45) is 0 Å². The van der Waals surface area contributed by atoms with Crippen LogP contribution in [0.5, 0.6) is 17.2 Å². The number of benzene rings is 2. The van der Waals surface area contributed by atoms with Gasteiger partial charge in [-0.05, 0) is 62.4 Å². The van der Waals surface area contributed by atoms with Gasteiger partial charge in [-0.25, -0.2) is 4.98 Å². The fraction of sp³-hybridized carbons (Fsp3) is 0.240. The molecule has 4 aromatic rings. The van der Waals surface area contributed by atoms with E-state index in [1.54, 1.807) is 49.6 Å². The van der Waals surface area contributed by atoms with Crippen LogP contribution in [0.15, 0.2) is 60.8 Å². The molecule has 7 nitrogen and oxygen atoms in total. The number of hydrogen-bond donors (Lipinski definition) is 0. The number of aromatic nitrogens is 2. The number of amides is 1. The number of hydrogen-bond acceptors (Lipinski definition) is 7. The first-order valence-electron chi connectivity index (χ1n) is 10.5. The fourth-order valence-corrected chi connectivity index (χ4v) is 4.45. The Bertz CT molecular complexity index is 1200. The van der Waals surface area contributed by atoms with Gasteiger partial charge in [-0.1, -0.05) is 17.4 Å². The van der Waals surface area contributed by atoms with Crippen molar-refractivity contribution >= 4 is 32.6 Å². The van der Waals surface area contributed by atoms with Crippen LogP contribution >= 0.6 is 11.3 Å². The van der Waals surface area contributed by atoms with Crippen molar-refractivity contribution in [1.82, 2.24) is 9.97 Å². The highest BCUT2D eigenvalue weighted by molar-refractivity contribution is 7.22. The van der Waals surface area contributed by atoms with Crippen molar-refractivity contribution in [3.8, 4) is 17.2 Å². The minimum Gasteiger partial charge on any atom is -0.495 e. The molecule has 0 aliphatic carbocycles. The van der Waals surface area contributed by atoms with Crippen molar-refractivity contribution in [2.45, 2.75) is 26.5 Å². The molecule has 0 N–H and O–H groups in total. The highest BCUT2D eigenvalue weighted by Gasteiger charge is 2.24. The van der Waals surface area contributed by atoms with Gasteiger partial charge in [-0.3, -0.25) is 14.7 Å². The lowest BCUT2D eigenvalue weighted by Crippen LogP contribution is -2.30. The third kappa shape index (κ3) is 4.90. The number of carbonyl (C=O) groups excluding carboxylic acids is 1. The highest BCUT2D eigenvalue weighted by atomic mass is 32.1. The monoisotopic (exact) mass is 463 g/mol. The van der Waals surface area contributed by atoms with Gasteiger partial charge in [0.25, 0.3) is 5.91 Å². The van der Waals surface area contributed by atoms with Gasteiger partial charge in [0, 0.05) is 11.8 Å².